The number of halogens is 3. The molecule has 0 spiro atoms. The van der Waals surface area contributed by atoms with E-state index >= 15 is 13.2 Å². The fourth-order valence-electron chi connectivity index (χ4n) is 8.76. The Hall–Kier alpha value is -8.16. The van der Waals surface area contributed by atoms with Crippen molar-refractivity contribution in [1.82, 2.24) is 29.4 Å². The zero-order valence-corrected chi connectivity index (χ0v) is 33.8. The minimum absolute atomic E-state index is 0.132. The van der Waals surface area contributed by atoms with Crippen molar-refractivity contribution >= 4 is 56.3 Å². The van der Waals surface area contributed by atoms with E-state index in [1.807, 2.05) is 108 Å². The first-order valence-corrected chi connectivity index (χ1v) is 19.8. The SMILES string of the molecule is CC1=NC(=c2ccc3c4c(n(-c5cc(-c6ccc(C#N)cc6C(F)(F)F)c(-n6c7ccccc7c7ccc(-c8nc(C)nc(C)n8)cc76)cc5C#N)c3c2)=CC=CC4)NC(C)=N1. The third kappa shape index (κ3) is 6.21. The lowest BCUT2D eigenvalue weighted by molar-refractivity contribution is -0.137. The van der Waals surface area contributed by atoms with E-state index in [1.165, 1.54) is 12.1 Å². The van der Waals surface area contributed by atoms with Crippen molar-refractivity contribution in [3.8, 4) is 46.0 Å². The number of hydrogen-bond donors (Lipinski definition) is 1. The van der Waals surface area contributed by atoms with Crippen LogP contribution in [0.5, 0.6) is 0 Å². The van der Waals surface area contributed by atoms with E-state index in [4.69, 9.17) is 0 Å². The van der Waals surface area contributed by atoms with Crippen LogP contribution in [0.4, 0.5) is 13.2 Å². The molecule has 10 nitrogen and oxygen atoms in total. The number of para-hydroxylation sites is 1. The van der Waals surface area contributed by atoms with Crippen LogP contribution in [0.2, 0.25) is 0 Å². The minimum Gasteiger partial charge on any atom is -0.328 e. The molecule has 3 aromatic heterocycles. The molecule has 0 amide bonds. The van der Waals surface area contributed by atoms with Crippen LogP contribution in [0.3, 0.4) is 0 Å². The highest BCUT2D eigenvalue weighted by Gasteiger charge is 2.35. The number of rotatable bonds is 4. The molecule has 1 aliphatic heterocycles. The maximum atomic E-state index is 15.3. The van der Waals surface area contributed by atoms with Gasteiger partial charge in [-0.2, -0.15) is 23.7 Å². The van der Waals surface area contributed by atoms with Gasteiger partial charge in [0, 0.05) is 32.5 Å². The fraction of sp³-hybridized carbons (Fsp3) is 0.122. The molecule has 5 aromatic carbocycles. The Morgan fingerprint density at radius 2 is 1.45 bits per heavy atom. The molecular formula is C49H33F3N10. The van der Waals surface area contributed by atoms with Crippen LogP contribution >= 0.6 is 0 Å². The average molecular weight is 819 g/mol. The number of nitrogens with one attached hydrogen (secondary N) is 1. The summed E-state index contributed by atoms with van der Waals surface area (Å²) in [6, 6.07) is 30.7. The molecule has 1 aliphatic carbocycles. The normalized spacial score (nSPS) is 14.5. The third-order valence-corrected chi connectivity index (χ3v) is 11.3. The van der Waals surface area contributed by atoms with Gasteiger partial charge in [-0.3, -0.25) is 0 Å². The van der Waals surface area contributed by atoms with E-state index in [0.717, 1.165) is 43.9 Å². The Morgan fingerprint density at radius 1 is 0.694 bits per heavy atom. The highest BCUT2D eigenvalue weighted by molar-refractivity contribution is 6.11. The number of fused-ring (bicyclic) bond motifs is 6. The van der Waals surface area contributed by atoms with Crippen molar-refractivity contribution in [3.05, 3.63) is 148 Å². The lowest BCUT2D eigenvalue weighted by Gasteiger charge is -2.21. The van der Waals surface area contributed by atoms with Gasteiger partial charge in [-0.25, -0.2) is 24.9 Å². The Morgan fingerprint density at radius 3 is 2.21 bits per heavy atom. The number of aliphatic imine (C=N–C) groups is 2. The van der Waals surface area contributed by atoms with Crippen molar-refractivity contribution in [3.63, 3.8) is 0 Å². The first-order chi connectivity index (χ1) is 29.9. The number of alkyl halides is 3. The summed E-state index contributed by atoms with van der Waals surface area (Å²) in [5.41, 5.74) is 3.69. The lowest BCUT2D eigenvalue weighted by Crippen LogP contribution is -2.28. The molecule has 0 atom stereocenters. The molecule has 1 N–H and O–H groups in total. The largest absolute Gasteiger partial charge is 0.417 e. The van der Waals surface area contributed by atoms with Gasteiger partial charge in [0.1, 0.15) is 35.2 Å². The maximum Gasteiger partial charge on any atom is 0.417 e. The van der Waals surface area contributed by atoms with Crippen LogP contribution in [0.15, 0.2) is 113 Å². The number of aromatic nitrogens is 5. The molecule has 62 heavy (non-hydrogen) atoms. The first-order valence-electron chi connectivity index (χ1n) is 19.8. The Kier molecular flexibility index (Phi) is 8.75. The van der Waals surface area contributed by atoms with Crippen molar-refractivity contribution in [2.45, 2.75) is 40.3 Å². The monoisotopic (exact) mass is 818 g/mol. The third-order valence-electron chi connectivity index (χ3n) is 11.3. The molecule has 0 radical (unpaired) electrons. The average Bonchev–Trinajstić information content (AvgIpc) is 3.76. The molecule has 0 bridgehead atoms. The maximum absolute atomic E-state index is 15.3. The smallest absolute Gasteiger partial charge is 0.328 e. The van der Waals surface area contributed by atoms with E-state index in [2.05, 4.69) is 36.3 Å². The van der Waals surface area contributed by atoms with Crippen molar-refractivity contribution < 1.29 is 13.2 Å². The van der Waals surface area contributed by atoms with Gasteiger partial charge in [0.2, 0.25) is 0 Å². The van der Waals surface area contributed by atoms with E-state index in [-0.39, 0.29) is 22.3 Å². The zero-order valence-electron chi connectivity index (χ0n) is 33.8. The molecule has 0 unspecified atom stereocenters. The summed E-state index contributed by atoms with van der Waals surface area (Å²) in [7, 11) is 0. The number of amidine groups is 2. The number of benzene rings is 5. The van der Waals surface area contributed by atoms with Crippen molar-refractivity contribution in [1.29, 1.82) is 10.5 Å². The second kappa shape index (κ2) is 14.2. The van der Waals surface area contributed by atoms with Gasteiger partial charge in [0.25, 0.3) is 0 Å². The van der Waals surface area contributed by atoms with E-state index in [1.54, 1.807) is 26.0 Å². The summed E-state index contributed by atoms with van der Waals surface area (Å²) in [4.78, 5) is 22.6. The zero-order chi connectivity index (χ0) is 43.0. The molecular weight excluding hydrogens is 786 g/mol. The summed E-state index contributed by atoms with van der Waals surface area (Å²) < 4.78 is 49.9. The van der Waals surface area contributed by atoms with E-state index < -0.39 is 11.7 Å². The van der Waals surface area contributed by atoms with Gasteiger partial charge in [-0.15, -0.1) is 0 Å². The Bertz CT molecular complexity index is 3570. The van der Waals surface area contributed by atoms with Crippen LogP contribution in [-0.4, -0.2) is 35.8 Å². The number of nitrogens with zero attached hydrogens (tertiary/aromatic N) is 9. The fourth-order valence-corrected chi connectivity index (χ4v) is 8.76. The Balaban J connectivity index is 1.35. The van der Waals surface area contributed by atoms with Gasteiger partial charge in [-0.05, 0) is 93.8 Å². The highest BCUT2D eigenvalue weighted by atomic mass is 19.4. The second-order valence-electron chi connectivity index (χ2n) is 15.3. The van der Waals surface area contributed by atoms with Gasteiger partial charge in [-0.1, -0.05) is 60.7 Å². The highest BCUT2D eigenvalue weighted by Crippen LogP contribution is 2.44. The summed E-state index contributed by atoms with van der Waals surface area (Å²) >= 11 is 0. The molecule has 13 heteroatoms. The first kappa shape index (κ1) is 38.1. The van der Waals surface area contributed by atoms with Crippen molar-refractivity contribution in [2.75, 3.05) is 0 Å². The molecule has 0 saturated heterocycles. The van der Waals surface area contributed by atoms with Crippen LogP contribution in [-0.2, 0) is 12.6 Å². The summed E-state index contributed by atoms with van der Waals surface area (Å²) in [5, 5.41) is 28.4. The van der Waals surface area contributed by atoms with E-state index in [0.29, 0.717) is 69.4 Å². The Labute approximate surface area is 352 Å². The molecule has 0 saturated carbocycles. The van der Waals surface area contributed by atoms with Crippen LogP contribution in [0.25, 0.3) is 78.5 Å². The quantitative estimate of drug-likeness (QED) is 0.189. The van der Waals surface area contributed by atoms with Gasteiger partial charge < -0.3 is 14.5 Å². The van der Waals surface area contributed by atoms with E-state index in [9.17, 15) is 10.5 Å². The van der Waals surface area contributed by atoms with Gasteiger partial charge >= 0.3 is 6.18 Å². The lowest BCUT2D eigenvalue weighted by atomic mass is 9.93. The predicted molar refractivity (Wildman–Crippen MR) is 235 cm³/mol. The number of nitriles is 2. The van der Waals surface area contributed by atoms with Crippen molar-refractivity contribution in [2.24, 2.45) is 9.98 Å². The molecule has 2 aliphatic rings. The number of aryl methyl sites for hydroxylation is 2. The topological polar surface area (TPSA) is 133 Å². The molecule has 8 aromatic rings. The molecule has 0 fully saturated rings. The van der Waals surface area contributed by atoms with Crippen LogP contribution in [0, 0.1) is 36.5 Å². The summed E-state index contributed by atoms with van der Waals surface area (Å²) in [6.45, 7) is 7.25. The second-order valence-corrected chi connectivity index (χ2v) is 15.3. The molecule has 300 valence electrons. The predicted octanol–water partition coefficient (Wildman–Crippen LogP) is 9.02. The number of allylic oxidation sites excluding steroid dienone is 2. The summed E-state index contributed by atoms with van der Waals surface area (Å²) in [6.07, 6.45) is 1.72. The van der Waals surface area contributed by atoms with Crippen LogP contribution < -0.4 is 15.9 Å². The van der Waals surface area contributed by atoms with Gasteiger partial charge in [0.15, 0.2) is 5.82 Å². The molecule has 10 rings (SSSR count). The molecule has 4 heterocycles. The number of hydrogen-bond acceptors (Lipinski definition) is 8. The minimum atomic E-state index is -4.84. The van der Waals surface area contributed by atoms with Gasteiger partial charge in [0.05, 0.1) is 56.0 Å². The standard InChI is InChI=1S/C49H33F3N10/c1-26-55-27(2)58-47(57-26)31-14-17-37-35-9-5-7-11-41(35)61(44(37)20-31)43-23-39(34-16-13-30(24-53)19-40(34)49(50,51)52)46(22-33(43)25-54)62-42-12-8-6-10-36(42)38-18-15-32(21-45(38)62)48-59-28(3)56-29(4)60-48/h5-8,10-23H,9H2,1-4H3,(H,55,57,58). The summed E-state index contributed by atoms with van der Waals surface area (Å²) in [5.74, 6) is 3.42. The van der Waals surface area contributed by atoms with Crippen LogP contribution in [0.1, 0.15) is 47.8 Å².